The van der Waals surface area contributed by atoms with E-state index in [-0.39, 0.29) is 11.9 Å². The van der Waals surface area contributed by atoms with E-state index in [2.05, 4.69) is 5.32 Å². The molecule has 0 aliphatic heterocycles. The van der Waals surface area contributed by atoms with Crippen LogP contribution in [0.5, 0.6) is 0 Å². The fourth-order valence-electron chi connectivity index (χ4n) is 0.935. The summed E-state index contributed by atoms with van der Waals surface area (Å²) in [5, 5.41) is 2.77. The highest BCUT2D eigenvalue weighted by Gasteiger charge is 2.11. The van der Waals surface area contributed by atoms with Gasteiger partial charge in [-0.25, -0.2) is 0 Å². The third-order valence-electron chi connectivity index (χ3n) is 1.79. The Bertz CT molecular complexity index is 156. The zero-order valence-electron chi connectivity index (χ0n) is 8.91. The monoisotopic (exact) mass is 220 g/mol. The number of rotatable bonds is 8. The van der Waals surface area contributed by atoms with Crippen LogP contribution < -0.4 is 11.1 Å². The van der Waals surface area contributed by atoms with Gasteiger partial charge in [-0.05, 0) is 24.9 Å². The van der Waals surface area contributed by atoms with Gasteiger partial charge in [0.15, 0.2) is 0 Å². The molecule has 0 fully saturated rings. The molecule has 0 spiro atoms. The van der Waals surface area contributed by atoms with Gasteiger partial charge in [0, 0.05) is 20.3 Å². The molecule has 0 saturated carbocycles. The molecule has 0 radical (unpaired) electrons. The molecule has 3 N–H and O–H groups in total. The van der Waals surface area contributed by atoms with Gasteiger partial charge in [-0.2, -0.15) is 11.8 Å². The summed E-state index contributed by atoms with van der Waals surface area (Å²) in [6, 6.07) is -0.370. The highest BCUT2D eigenvalue weighted by molar-refractivity contribution is 7.98. The molecule has 0 rings (SSSR count). The number of ether oxygens (including phenoxy) is 1. The van der Waals surface area contributed by atoms with Gasteiger partial charge in [0.2, 0.25) is 5.91 Å². The van der Waals surface area contributed by atoms with Crippen LogP contribution in [0.1, 0.15) is 12.8 Å². The van der Waals surface area contributed by atoms with Crippen LogP contribution in [0.15, 0.2) is 0 Å². The van der Waals surface area contributed by atoms with Crippen molar-refractivity contribution in [3.8, 4) is 0 Å². The largest absolute Gasteiger partial charge is 0.385 e. The molecule has 4 nitrogen and oxygen atoms in total. The van der Waals surface area contributed by atoms with Crippen LogP contribution in [-0.4, -0.2) is 44.2 Å². The summed E-state index contributed by atoms with van der Waals surface area (Å²) in [5.41, 5.74) is 5.66. The predicted octanol–water partition coefficient (Wildman–Crippen LogP) is 0.220. The average Bonchev–Trinajstić information content (AvgIpc) is 2.20. The summed E-state index contributed by atoms with van der Waals surface area (Å²) >= 11 is 1.70. The average molecular weight is 220 g/mol. The summed E-state index contributed by atoms with van der Waals surface area (Å²) in [5.74, 6) is 0.863. The fourth-order valence-corrected chi connectivity index (χ4v) is 1.42. The Morgan fingerprint density at radius 2 is 2.36 bits per heavy atom. The molecule has 1 atom stereocenters. The van der Waals surface area contributed by atoms with Gasteiger partial charge < -0.3 is 15.8 Å². The molecular weight excluding hydrogens is 200 g/mol. The molecular formula is C9H20N2O2S. The first-order valence-electron chi connectivity index (χ1n) is 4.73. The molecule has 0 aliphatic carbocycles. The molecule has 0 aromatic carbocycles. The summed E-state index contributed by atoms with van der Waals surface area (Å²) in [6.07, 6.45) is 3.57. The van der Waals surface area contributed by atoms with E-state index in [9.17, 15) is 4.79 Å². The van der Waals surface area contributed by atoms with Gasteiger partial charge in [-0.3, -0.25) is 4.79 Å². The van der Waals surface area contributed by atoms with Crippen molar-refractivity contribution in [1.82, 2.24) is 5.32 Å². The van der Waals surface area contributed by atoms with Crippen LogP contribution in [0.25, 0.3) is 0 Å². The SMILES string of the molecule is COCCCNC(=O)C(N)CCSC. The molecule has 1 amide bonds. The van der Waals surface area contributed by atoms with Crippen LogP contribution in [0.2, 0.25) is 0 Å². The zero-order valence-corrected chi connectivity index (χ0v) is 9.73. The molecule has 0 aromatic heterocycles. The maximum Gasteiger partial charge on any atom is 0.236 e. The fraction of sp³-hybridized carbons (Fsp3) is 0.889. The van der Waals surface area contributed by atoms with Crippen molar-refractivity contribution in [2.75, 3.05) is 32.3 Å². The van der Waals surface area contributed by atoms with Crippen LogP contribution in [-0.2, 0) is 9.53 Å². The molecule has 0 bridgehead atoms. The molecule has 1 unspecified atom stereocenters. The van der Waals surface area contributed by atoms with E-state index >= 15 is 0 Å². The first-order chi connectivity index (χ1) is 6.72. The number of nitrogens with two attached hydrogens (primary N) is 1. The molecule has 5 heteroatoms. The number of amides is 1. The number of thioether (sulfide) groups is 1. The highest BCUT2D eigenvalue weighted by Crippen LogP contribution is 1.98. The number of methoxy groups -OCH3 is 1. The minimum Gasteiger partial charge on any atom is -0.385 e. The Labute approximate surface area is 89.9 Å². The zero-order chi connectivity index (χ0) is 10.8. The normalized spacial score (nSPS) is 12.5. The quantitative estimate of drug-likeness (QED) is 0.574. The number of carbonyl (C=O) groups excluding carboxylic acids is 1. The van der Waals surface area contributed by atoms with Crippen molar-refractivity contribution in [2.45, 2.75) is 18.9 Å². The van der Waals surface area contributed by atoms with Gasteiger partial charge in [0.1, 0.15) is 0 Å². The van der Waals surface area contributed by atoms with Crippen molar-refractivity contribution in [1.29, 1.82) is 0 Å². The Kier molecular flexibility index (Phi) is 9.13. The second-order valence-electron chi connectivity index (χ2n) is 3.03. The minimum atomic E-state index is -0.370. The highest BCUT2D eigenvalue weighted by atomic mass is 32.2. The van der Waals surface area contributed by atoms with Crippen LogP contribution in [0, 0.1) is 0 Å². The Morgan fingerprint density at radius 1 is 1.64 bits per heavy atom. The summed E-state index contributed by atoms with van der Waals surface area (Å²) in [6.45, 7) is 1.31. The lowest BCUT2D eigenvalue weighted by molar-refractivity contribution is -0.122. The number of carbonyl (C=O) groups is 1. The van der Waals surface area contributed by atoms with Gasteiger partial charge in [-0.15, -0.1) is 0 Å². The molecule has 0 aliphatic rings. The van der Waals surface area contributed by atoms with E-state index in [0.29, 0.717) is 13.2 Å². The third kappa shape index (κ3) is 7.17. The summed E-state index contributed by atoms with van der Waals surface area (Å²) < 4.78 is 4.86. The van der Waals surface area contributed by atoms with Gasteiger partial charge in [0.05, 0.1) is 6.04 Å². The second-order valence-corrected chi connectivity index (χ2v) is 4.01. The van der Waals surface area contributed by atoms with E-state index in [4.69, 9.17) is 10.5 Å². The maximum atomic E-state index is 11.3. The predicted molar refractivity (Wildman–Crippen MR) is 60.5 cm³/mol. The summed E-state index contributed by atoms with van der Waals surface area (Å²) in [4.78, 5) is 11.3. The minimum absolute atomic E-state index is 0.0600. The number of hydrogen-bond acceptors (Lipinski definition) is 4. The lowest BCUT2D eigenvalue weighted by Crippen LogP contribution is -2.41. The molecule has 84 valence electrons. The third-order valence-corrected chi connectivity index (χ3v) is 2.44. The van der Waals surface area contributed by atoms with Crippen LogP contribution in [0.3, 0.4) is 0 Å². The standard InChI is InChI=1S/C9H20N2O2S/c1-13-6-3-5-11-9(12)8(10)4-7-14-2/h8H,3-7,10H2,1-2H3,(H,11,12). The van der Waals surface area contributed by atoms with Gasteiger partial charge >= 0.3 is 0 Å². The first-order valence-corrected chi connectivity index (χ1v) is 6.13. The lowest BCUT2D eigenvalue weighted by Gasteiger charge is -2.11. The van der Waals surface area contributed by atoms with Crippen LogP contribution in [0.4, 0.5) is 0 Å². The van der Waals surface area contributed by atoms with Crippen molar-refractivity contribution >= 4 is 17.7 Å². The number of hydrogen-bond donors (Lipinski definition) is 2. The van der Waals surface area contributed by atoms with Gasteiger partial charge in [0.25, 0.3) is 0 Å². The van der Waals surface area contributed by atoms with E-state index in [0.717, 1.165) is 18.6 Å². The van der Waals surface area contributed by atoms with E-state index in [1.807, 2.05) is 6.26 Å². The molecule has 0 aromatic rings. The van der Waals surface area contributed by atoms with E-state index < -0.39 is 0 Å². The number of nitrogens with one attached hydrogen (secondary N) is 1. The van der Waals surface area contributed by atoms with E-state index in [1.54, 1.807) is 18.9 Å². The maximum absolute atomic E-state index is 11.3. The van der Waals surface area contributed by atoms with Gasteiger partial charge in [-0.1, -0.05) is 0 Å². The molecule has 0 saturated heterocycles. The molecule has 0 heterocycles. The van der Waals surface area contributed by atoms with Crippen molar-refractivity contribution in [2.24, 2.45) is 5.73 Å². The van der Waals surface area contributed by atoms with E-state index in [1.165, 1.54) is 0 Å². The first kappa shape index (κ1) is 13.7. The lowest BCUT2D eigenvalue weighted by atomic mass is 10.2. The second kappa shape index (κ2) is 9.30. The Hall–Kier alpha value is -0.260. The van der Waals surface area contributed by atoms with Crippen molar-refractivity contribution in [3.63, 3.8) is 0 Å². The Morgan fingerprint density at radius 3 is 2.93 bits per heavy atom. The van der Waals surface area contributed by atoms with Crippen molar-refractivity contribution < 1.29 is 9.53 Å². The molecule has 14 heavy (non-hydrogen) atoms. The summed E-state index contributed by atoms with van der Waals surface area (Å²) in [7, 11) is 1.64. The smallest absolute Gasteiger partial charge is 0.236 e. The van der Waals surface area contributed by atoms with Crippen LogP contribution >= 0.6 is 11.8 Å². The Balaban J connectivity index is 3.42. The topological polar surface area (TPSA) is 64.3 Å². The van der Waals surface area contributed by atoms with Crippen molar-refractivity contribution in [3.05, 3.63) is 0 Å².